The second kappa shape index (κ2) is 43.4. The van der Waals surface area contributed by atoms with Crippen molar-refractivity contribution in [2.75, 3.05) is 54.4 Å². The van der Waals surface area contributed by atoms with Crippen molar-refractivity contribution < 1.29 is 33.5 Å². The van der Waals surface area contributed by atoms with Crippen LogP contribution in [0.3, 0.4) is 0 Å². The number of ether oxygens (including phenoxy) is 1. The summed E-state index contributed by atoms with van der Waals surface area (Å²) >= 11 is 0. The molecule has 0 aliphatic carbocycles. The first kappa shape index (κ1) is 56.0. The molecule has 0 radical (unpaired) electrons. The van der Waals surface area contributed by atoms with Gasteiger partial charge in [-0.1, -0.05) is 182 Å². The lowest BCUT2D eigenvalue weighted by molar-refractivity contribution is -0.890. The summed E-state index contributed by atoms with van der Waals surface area (Å²) in [5.41, 5.74) is 0. The first-order chi connectivity index (χ1) is 25.4. The minimum atomic E-state index is -2.12. The van der Waals surface area contributed by atoms with Crippen molar-refractivity contribution >= 4 is 12.3 Å². The van der Waals surface area contributed by atoms with E-state index in [1.54, 1.807) is 0 Å². The molecule has 7 nitrogen and oxygen atoms in total. The molecule has 0 bridgehead atoms. The van der Waals surface area contributed by atoms with Crippen molar-refractivity contribution in [1.29, 1.82) is 0 Å². The van der Waals surface area contributed by atoms with E-state index >= 15 is 0 Å². The van der Waals surface area contributed by atoms with Gasteiger partial charge in [0.2, 0.25) is 0 Å². The smallest absolute Gasteiger partial charge is 0.259 e. The van der Waals surface area contributed by atoms with Gasteiger partial charge in [-0.3, -0.25) is 0 Å². The van der Waals surface area contributed by atoms with E-state index in [0.717, 1.165) is 0 Å². The molecule has 0 unspecified atom stereocenters. The van der Waals surface area contributed by atoms with Crippen molar-refractivity contribution in [2.45, 2.75) is 233 Å². The van der Waals surface area contributed by atoms with Crippen LogP contribution in [-0.2, 0) is 4.74 Å². The molecule has 7 heteroatoms. The van der Waals surface area contributed by atoms with Gasteiger partial charge in [-0.2, -0.15) is 0 Å². The van der Waals surface area contributed by atoms with E-state index in [4.69, 9.17) is 19.8 Å². The van der Waals surface area contributed by atoms with Crippen LogP contribution in [0.2, 0.25) is 0 Å². The van der Waals surface area contributed by atoms with Gasteiger partial charge in [-0.05, 0) is 51.4 Å². The highest BCUT2D eigenvalue weighted by Gasteiger charge is 2.14. The molecule has 0 amide bonds. The maximum Gasteiger partial charge on any atom is 0.259 e. The largest absolute Gasteiger partial charge is 0.483 e. The third-order valence-electron chi connectivity index (χ3n) is 10.6. The zero-order valence-electron chi connectivity index (χ0n) is 37.4. The Morgan fingerprint density at radius 2 is 0.472 bits per heavy atom. The molecule has 0 N–H and O–H groups in total. The third-order valence-corrected chi connectivity index (χ3v) is 10.6. The van der Waals surface area contributed by atoms with Crippen LogP contribution in [0.25, 0.3) is 0 Å². The molecule has 0 saturated carbocycles. The van der Waals surface area contributed by atoms with E-state index in [0.29, 0.717) is 0 Å². The third kappa shape index (κ3) is 55.1. The Balaban J connectivity index is -0.000000799. The maximum absolute atomic E-state index is 9.06. The summed E-state index contributed by atoms with van der Waals surface area (Å²) in [7, 11) is 9.73. The Hall–Kier alpha value is -1.34. The quantitative estimate of drug-likeness (QED) is 0.0275. The van der Waals surface area contributed by atoms with Crippen LogP contribution in [0.5, 0.6) is 0 Å². The molecule has 0 atom stereocenters. The number of hydrogen-bond donors (Lipinski definition) is 0. The summed E-state index contributed by atoms with van der Waals surface area (Å²) in [6.07, 6.45) is 41.8. The van der Waals surface area contributed by atoms with Crippen LogP contribution in [0.15, 0.2) is 0 Å². The molecule has 0 heterocycles. The van der Waals surface area contributed by atoms with E-state index in [2.05, 4.69) is 60.6 Å². The first-order valence-electron chi connectivity index (χ1n) is 23.1. The molecule has 0 aromatic heterocycles. The summed E-state index contributed by atoms with van der Waals surface area (Å²) in [5.74, 6) is 0. The number of carbonyl (C=O) groups excluding carboxylic acids is 2. The molecule has 0 aliphatic heterocycles. The fraction of sp³-hybridized carbons (Fsp3) is 0.957. The molecule has 0 aromatic carbocycles. The number of rotatable bonds is 36. The van der Waals surface area contributed by atoms with E-state index < -0.39 is 12.3 Å². The lowest BCUT2D eigenvalue weighted by atomic mass is 10.1. The van der Waals surface area contributed by atoms with Crippen molar-refractivity contribution in [1.82, 2.24) is 0 Å². The number of hydrogen-bond acceptors (Lipinski definition) is 5. The number of unbranched alkanes of at least 4 members (excludes halogenated alkanes) is 28. The minimum absolute atomic E-state index is 1.24. The van der Waals surface area contributed by atoms with Crippen molar-refractivity contribution in [2.24, 2.45) is 0 Å². The predicted octanol–water partition coefficient (Wildman–Crippen LogP) is 12.4. The Bertz CT molecular complexity index is 639. The number of carboxylic acid groups (broad SMARTS) is 2. The van der Waals surface area contributed by atoms with E-state index in [9.17, 15) is 0 Å². The fourth-order valence-corrected chi connectivity index (χ4v) is 6.99. The van der Waals surface area contributed by atoms with Crippen LogP contribution >= 0.6 is 0 Å². The zero-order chi connectivity index (χ0) is 40.3. The number of nitrogens with zero attached hydrogens (tertiary/aromatic N) is 2. The molecular weight excluding hydrogens is 661 g/mol. The Morgan fingerprint density at radius 1 is 0.321 bits per heavy atom. The Kier molecular flexibility index (Phi) is 45.8. The summed E-state index contributed by atoms with van der Waals surface area (Å²) in [4.78, 5) is 18.1. The molecule has 0 spiro atoms. The van der Waals surface area contributed by atoms with E-state index in [-0.39, 0.29) is 0 Å². The van der Waals surface area contributed by atoms with Gasteiger partial charge in [0.1, 0.15) is 0 Å². The van der Waals surface area contributed by atoms with Gasteiger partial charge in [0.15, 0.2) is 0 Å². The highest BCUT2D eigenvalue weighted by molar-refractivity contribution is 5.71. The van der Waals surface area contributed by atoms with Gasteiger partial charge in [0.05, 0.1) is 54.4 Å². The van der Waals surface area contributed by atoms with Gasteiger partial charge < -0.3 is 33.5 Å². The highest BCUT2D eigenvalue weighted by atomic mass is 16.7. The predicted molar refractivity (Wildman–Crippen MR) is 226 cm³/mol. The zero-order valence-corrected chi connectivity index (χ0v) is 37.4. The van der Waals surface area contributed by atoms with Gasteiger partial charge in [-0.15, -0.1) is 0 Å². The molecule has 0 aliphatic rings. The molecule has 320 valence electrons. The maximum atomic E-state index is 9.06. The molecule has 0 fully saturated rings. The van der Waals surface area contributed by atoms with Gasteiger partial charge in [0, 0.05) is 0 Å². The highest BCUT2D eigenvalue weighted by Crippen LogP contribution is 2.15. The summed E-state index contributed by atoms with van der Waals surface area (Å²) in [6.45, 7) is 14.7. The standard InChI is InChI=1S/2C22H48N.C2H2O5/c2*1-5-7-9-11-13-15-17-19-21-23(3,4)22-20-18-16-14-12-10-8-6-2;3-1(4)7-2(5)6/h2*5-22H2,1-4H3;(H,3,4)(H,5,6)/q2*+1;/p-2. The fourth-order valence-electron chi connectivity index (χ4n) is 6.99. The van der Waals surface area contributed by atoms with Gasteiger partial charge in [0.25, 0.3) is 12.3 Å². The molecular formula is C46H96N2O5. The molecule has 53 heavy (non-hydrogen) atoms. The van der Waals surface area contributed by atoms with Crippen LogP contribution in [-0.4, -0.2) is 75.6 Å². The molecule has 0 rings (SSSR count). The SMILES string of the molecule is CCCCCCCCCC[N+](C)(C)CCCCCCCCCC.CCCCCCCCCC[N+](C)(C)CCCCCCCCCC.O=C([O-])OC(=O)[O-]. The topological polar surface area (TPSA) is 89.5 Å². The summed E-state index contributed by atoms with van der Waals surface area (Å²) in [5, 5.41) is 18.1. The van der Waals surface area contributed by atoms with Crippen LogP contribution in [0, 0.1) is 0 Å². The van der Waals surface area contributed by atoms with Gasteiger partial charge >= 0.3 is 0 Å². The first-order valence-corrected chi connectivity index (χ1v) is 23.1. The monoisotopic (exact) mass is 757 g/mol. The average Bonchev–Trinajstić information content (AvgIpc) is 3.09. The van der Waals surface area contributed by atoms with Crippen LogP contribution in [0.4, 0.5) is 9.59 Å². The second-order valence-electron chi connectivity index (χ2n) is 17.3. The van der Waals surface area contributed by atoms with Crippen LogP contribution in [0.1, 0.15) is 233 Å². The van der Waals surface area contributed by atoms with Gasteiger partial charge in [-0.25, -0.2) is 0 Å². The minimum Gasteiger partial charge on any atom is -0.483 e. The lowest BCUT2D eigenvalue weighted by Gasteiger charge is -2.30. The second-order valence-corrected chi connectivity index (χ2v) is 17.3. The number of carbonyl (C=O) groups is 2. The van der Waals surface area contributed by atoms with Crippen molar-refractivity contribution in [3.05, 3.63) is 0 Å². The molecule has 0 aromatic rings. The average molecular weight is 757 g/mol. The lowest BCUT2D eigenvalue weighted by Crippen LogP contribution is -2.41. The summed E-state index contributed by atoms with van der Waals surface area (Å²) in [6, 6.07) is 0. The van der Waals surface area contributed by atoms with Crippen molar-refractivity contribution in [3.8, 4) is 0 Å². The Morgan fingerprint density at radius 3 is 0.604 bits per heavy atom. The molecule has 0 saturated heterocycles. The van der Waals surface area contributed by atoms with Crippen molar-refractivity contribution in [3.63, 3.8) is 0 Å². The van der Waals surface area contributed by atoms with Crippen LogP contribution < -0.4 is 10.2 Å². The number of quaternary nitrogens is 2. The van der Waals surface area contributed by atoms with E-state index in [1.165, 1.54) is 241 Å². The normalized spacial score (nSPS) is 11.4. The summed E-state index contributed by atoms with van der Waals surface area (Å²) < 4.78 is 5.34. The van der Waals surface area contributed by atoms with E-state index in [1.807, 2.05) is 0 Å². The Labute approximate surface area is 332 Å².